The average molecular weight is 449 g/mol. The van der Waals surface area contributed by atoms with Gasteiger partial charge >= 0.3 is 6.18 Å². The number of nitrogens with one attached hydrogen (secondary N) is 1. The third-order valence-corrected chi connectivity index (χ3v) is 5.28. The maximum atomic E-state index is 13.1. The molecule has 0 spiro atoms. The summed E-state index contributed by atoms with van der Waals surface area (Å²) in [6, 6.07) is 10.5. The standard InChI is InChI=1S/C22H26F3N5O2/c1-2-29(15-20(31)27-18-8-4-3-7-17(18)22(23,24)25)21(32)16-28-11-13-30(14-12-28)19-9-5-6-10-26-19/h3-10H,2,11-16H2,1H3,(H,27,31). The molecule has 0 saturated carbocycles. The molecule has 2 aromatic rings. The molecule has 7 nitrogen and oxygen atoms in total. The maximum Gasteiger partial charge on any atom is 0.418 e. The Bertz CT molecular complexity index is 915. The van der Waals surface area contributed by atoms with E-state index in [4.69, 9.17) is 0 Å². The molecule has 1 saturated heterocycles. The number of piperazine rings is 1. The number of nitrogens with zero attached hydrogens (tertiary/aromatic N) is 4. The van der Waals surface area contributed by atoms with Crippen LogP contribution in [-0.2, 0) is 15.8 Å². The number of carbonyl (C=O) groups excluding carboxylic acids is 2. The van der Waals surface area contributed by atoms with Crippen molar-refractivity contribution in [1.82, 2.24) is 14.8 Å². The molecule has 1 aliphatic heterocycles. The Morgan fingerprint density at radius 1 is 1.06 bits per heavy atom. The summed E-state index contributed by atoms with van der Waals surface area (Å²) in [4.78, 5) is 34.9. The zero-order valence-corrected chi connectivity index (χ0v) is 17.8. The molecule has 0 aliphatic carbocycles. The first-order valence-corrected chi connectivity index (χ1v) is 10.4. The van der Waals surface area contributed by atoms with E-state index in [1.54, 1.807) is 13.1 Å². The fourth-order valence-electron chi connectivity index (χ4n) is 3.55. The van der Waals surface area contributed by atoms with Crippen molar-refractivity contribution in [2.75, 3.05) is 56.0 Å². The Labute approximate surface area is 184 Å². The molecule has 10 heteroatoms. The van der Waals surface area contributed by atoms with E-state index in [-0.39, 0.29) is 31.2 Å². The molecule has 0 unspecified atom stereocenters. The molecule has 1 aliphatic rings. The van der Waals surface area contributed by atoms with Gasteiger partial charge in [-0.2, -0.15) is 13.2 Å². The van der Waals surface area contributed by atoms with Crippen molar-refractivity contribution in [3.05, 3.63) is 54.2 Å². The lowest BCUT2D eigenvalue weighted by Crippen LogP contribution is -2.51. The van der Waals surface area contributed by atoms with Gasteiger partial charge in [0, 0.05) is 38.9 Å². The molecular formula is C22H26F3N5O2. The van der Waals surface area contributed by atoms with E-state index in [0.29, 0.717) is 13.1 Å². The van der Waals surface area contributed by atoms with Crippen LogP contribution in [0.5, 0.6) is 0 Å². The van der Waals surface area contributed by atoms with Crippen LogP contribution in [0.25, 0.3) is 0 Å². The van der Waals surface area contributed by atoms with Crippen LogP contribution >= 0.6 is 0 Å². The monoisotopic (exact) mass is 449 g/mol. The highest BCUT2D eigenvalue weighted by Crippen LogP contribution is 2.34. The summed E-state index contributed by atoms with van der Waals surface area (Å²) in [5.41, 5.74) is -1.24. The number of likely N-dealkylation sites (N-methyl/N-ethyl adjacent to an activating group) is 1. The van der Waals surface area contributed by atoms with Crippen LogP contribution in [0.1, 0.15) is 12.5 Å². The number of halogens is 3. The molecule has 1 fully saturated rings. The van der Waals surface area contributed by atoms with Crippen molar-refractivity contribution < 1.29 is 22.8 Å². The summed E-state index contributed by atoms with van der Waals surface area (Å²) in [5.74, 6) is -0.0145. The lowest BCUT2D eigenvalue weighted by Gasteiger charge is -2.35. The quantitative estimate of drug-likeness (QED) is 0.704. The van der Waals surface area contributed by atoms with Gasteiger partial charge in [0.2, 0.25) is 11.8 Å². The van der Waals surface area contributed by atoms with E-state index in [9.17, 15) is 22.8 Å². The highest BCUT2D eigenvalue weighted by atomic mass is 19.4. The number of anilines is 2. The third kappa shape index (κ3) is 6.19. The van der Waals surface area contributed by atoms with Crippen LogP contribution in [0.15, 0.2) is 48.7 Å². The largest absolute Gasteiger partial charge is 0.418 e. The van der Waals surface area contributed by atoms with Gasteiger partial charge in [-0.05, 0) is 31.2 Å². The number of benzene rings is 1. The number of para-hydroxylation sites is 1. The van der Waals surface area contributed by atoms with Gasteiger partial charge in [0.25, 0.3) is 0 Å². The summed E-state index contributed by atoms with van der Waals surface area (Å²) >= 11 is 0. The van der Waals surface area contributed by atoms with E-state index < -0.39 is 17.6 Å². The lowest BCUT2D eigenvalue weighted by molar-refractivity contribution is -0.137. The van der Waals surface area contributed by atoms with Gasteiger partial charge in [-0.3, -0.25) is 14.5 Å². The van der Waals surface area contributed by atoms with Crippen LogP contribution in [0.2, 0.25) is 0 Å². The van der Waals surface area contributed by atoms with Gasteiger partial charge in [-0.1, -0.05) is 18.2 Å². The summed E-state index contributed by atoms with van der Waals surface area (Å²) in [5, 5.41) is 2.28. The minimum atomic E-state index is -4.58. The van der Waals surface area contributed by atoms with Gasteiger partial charge in [0.05, 0.1) is 24.3 Å². The number of carbonyl (C=O) groups is 2. The molecule has 1 N–H and O–H groups in total. The summed E-state index contributed by atoms with van der Waals surface area (Å²) in [6.45, 7) is 4.65. The average Bonchev–Trinajstić information content (AvgIpc) is 2.78. The zero-order chi connectivity index (χ0) is 23.1. The van der Waals surface area contributed by atoms with Crippen LogP contribution in [-0.4, -0.2) is 72.4 Å². The van der Waals surface area contributed by atoms with E-state index in [1.807, 2.05) is 23.1 Å². The minimum absolute atomic E-state index is 0.149. The Morgan fingerprint density at radius 2 is 1.75 bits per heavy atom. The highest BCUT2D eigenvalue weighted by Gasteiger charge is 2.33. The summed E-state index contributed by atoms with van der Waals surface area (Å²) < 4.78 is 39.4. The van der Waals surface area contributed by atoms with Gasteiger partial charge < -0.3 is 15.1 Å². The molecule has 172 valence electrons. The maximum absolute atomic E-state index is 13.1. The van der Waals surface area contributed by atoms with Crippen molar-refractivity contribution in [2.45, 2.75) is 13.1 Å². The van der Waals surface area contributed by atoms with Crippen LogP contribution in [0.4, 0.5) is 24.7 Å². The Balaban J connectivity index is 1.52. The van der Waals surface area contributed by atoms with Gasteiger partial charge in [0.1, 0.15) is 5.82 Å². The Hall–Kier alpha value is -3.14. The zero-order valence-electron chi connectivity index (χ0n) is 17.8. The van der Waals surface area contributed by atoms with Gasteiger partial charge in [-0.15, -0.1) is 0 Å². The van der Waals surface area contributed by atoms with Crippen LogP contribution in [0, 0.1) is 0 Å². The first-order valence-electron chi connectivity index (χ1n) is 10.4. The second-order valence-corrected chi connectivity index (χ2v) is 7.45. The molecule has 0 atom stereocenters. The molecule has 1 aromatic carbocycles. The van der Waals surface area contributed by atoms with E-state index in [1.165, 1.54) is 23.1 Å². The number of aromatic nitrogens is 1. The second kappa shape index (κ2) is 10.4. The molecule has 3 rings (SSSR count). The predicted octanol–water partition coefficient (Wildman–Crippen LogP) is 2.71. The van der Waals surface area contributed by atoms with Crippen molar-refractivity contribution in [3.63, 3.8) is 0 Å². The first kappa shape index (κ1) is 23.5. The van der Waals surface area contributed by atoms with Crippen molar-refractivity contribution in [2.24, 2.45) is 0 Å². The van der Waals surface area contributed by atoms with Gasteiger partial charge in [0.15, 0.2) is 0 Å². The minimum Gasteiger partial charge on any atom is -0.354 e. The number of rotatable bonds is 7. The fraction of sp³-hybridized carbons (Fsp3) is 0.409. The van der Waals surface area contributed by atoms with E-state index in [2.05, 4.69) is 15.2 Å². The van der Waals surface area contributed by atoms with Gasteiger partial charge in [-0.25, -0.2) is 4.98 Å². The second-order valence-electron chi connectivity index (χ2n) is 7.45. The normalized spacial score (nSPS) is 14.8. The number of hydrogen-bond donors (Lipinski definition) is 1. The van der Waals surface area contributed by atoms with E-state index >= 15 is 0 Å². The fourth-order valence-corrected chi connectivity index (χ4v) is 3.55. The number of pyridine rings is 1. The first-order chi connectivity index (χ1) is 15.3. The van der Waals surface area contributed by atoms with Crippen molar-refractivity contribution in [3.8, 4) is 0 Å². The Morgan fingerprint density at radius 3 is 2.38 bits per heavy atom. The summed E-state index contributed by atoms with van der Waals surface area (Å²) in [6.07, 6.45) is -2.84. The molecule has 2 heterocycles. The lowest BCUT2D eigenvalue weighted by atomic mass is 10.1. The highest BCUT2D eigenvalue weighted by molar-refractivity contribution is 5.95. The third-order valence-electron chi connectivity index (χ3n) is 5.28. The SMILES string of the molecule is CCN(CC(=O)Nc1ccccc1C(F)(F)F)C(=O)CN1CCN(c2ccccn2)CC1. The molecule has 2 amide bonds. The number of hydrogen-bond acceptors (Lipinski definition) is 5. The molecule has 0 radical (unpaired) electrons. The van der Waals surface area contributed by atoms with Crippen LogP contribution < -0.4 is 10.2 Å². The molecule has 32 heavy (non-hydrogen) atoms. The van der Waals surface area contributed by atoms with E-state index in [0.717, 1.165) is 25.0 Å². The van der Waals surface area contributed by atoms with Crippen LogP contribution in [0.3, 0.4) is 0 Å². The number of amides is 2. The Kier molecular flexibility index (Phi) is 7.68. The number of alkyl halides is 3. The predicted molar refractivity (Wildman–Crippen MR) is 115 cm³/mol. The smallest absolute Gasteiger partial charge is 0.354 e. The van der Waals surface area contributed by atoms with Crippen molar-refractivity contribution in [1.29, 1.82) is 0 Å². The molecule has 1 aromatic heterocycles. The topological polar surface area (TPSA) is 68.8 Å². The molecule has 0 bridgehead atoms. The summed E-state index contributed by atoms with van der Waals surface area (Å²) in [7, 11) is 0. The van der Waals surface area contributed by atoms with Crippen molar-refractivity contribution >= 4 is 23.3 Å². The molecular weight excluding hydrogens is 423 g/mol.